The molecular weight excluding hydrogens is 274 g/mol. The Morgan fingerprint density at radius 2 is 1.82 bits per heavy atom. The molecule has 1 nitrogen and oxygen atoms in total. The standard InChI is InChI=1S/C15H20BrN/c1-17-15(13-8-11-7-12(11)9-13)6-10-2-4-14(16)5-3-10/h2-5,11-13,15,17H,6-9H2,1H3. The van der Waals surface area contributed by atoms with Crippen molar-refractivity contribution in [2.45, 2.75) is 31.7 Å². The summed E-state index contributed by atoms with van der Waals surface area (Å²) in [6.07, 6.45) is 5.62. The predicted molar refractivity (Wildman–Crippen MR) is 75.0 cm³/mol. The summed E-state index contributed by atoms with van der Waals surface area (Å²) in [5.41, 5.74) is 1.45. The number of halogens is 1. The second-order valence-electron chi connectivity index (χ2n) is 5.71. The first-order chi connectivity index (χ1) is 8.26. The molecule has 0 aliphatic heterocycles. The zero-order chi connectivity index (χ0) is 11.8. The van der Waals surface area contributed by atoms with E-state index in [2.05, 4.69) is 52.6 Å². The lowest BCUT2D eigenvalue weighted by molar-refractivity contribution is 0.349. The van der Waals surface area contributed by atoms with Crippen LogP contribution in [0.5, 0.6) is 0 Å². The average molecular weight is 294 g/mol. The molecule has 0 spiro atoms. The molecule has 3 unspecified atom stereocenters. The molecule has 3 rings (SSSR count). The molecule has 2 aliphatic rings. The molecule has 2 fully saturated rings. The Morgan fingerprint density at radius 1 is 1.18 bits per heavy atom. The van der Waals surface area contributed by atoms with Crippen LogP contribution in [0.3, 0.4) is 0 Å². The molecule has 0 heterocycles. The Labute approximate surface area is 112 Å². The lowest BCUT2D eigenvalue weighted by Gasteiger charge is -2.24. The van der Waals surface area contributed by atoms with Crippen molar-refractivity contribution >= 4 is 15.9 Å². The van der Waals surface area contributed by atoms with Gasteiger partial charge >= 0.3 is 0 Å². The number of rotatable bonds is 4. The van der Waals surface area contributed by atoms with E-state index in [4.69, 9.17) is 0 Å². The zero-order valence-corrected chi connectivity index (χ0v) is 11.9. The van der Waals surface area contributed by atoms with Gasteiger partial charge in [0.05, 0.1) is 0 Å². The van der Waals surface area contributed by atoms with Crippen LogP contribution in [-0.4, -0.2) is 13.1 Å². The summed E-state index contributed by atoms with van der Waals surface area (Å²) in [5.74, 6) is 3.08. The first-order valence-electron chi connectivity index (χ1n) is 6.68. The summed E-state index contributed by atoms with van der Waals surface area (Å²) in [7, 11) is 2.12. The SMILES string of the molecule is CNC(Cc1ccc(Br)cc1)C1CC2CC2C1. The highest BCUT2D eigenvalue weighted by atomic mass is 79.9. The average Bonchev–Trinajstić information content (AvgIpc) is 2.95. The maximum atomic E-state index is 3.54. The van der Waals surface area contributed by atoms with Crippen molar-refractivity contribution in [3.05, 3.63) is 34.3 Å². The van der Waals surface area contributed by atoms with Crippen molar-refractivity contribution < 1.29 is 0 Å². The van der Waals surface area contributed by atoms with E-state index in [1.165, 1.54) is 35.7 Å². The molecule has 1 aromatic rings. The van der Waals surface area contributed by atoms with Crippen LogP contribution in [0.2, 0.25) is 0 Å². The van der Waals surface area contributed by atoms with Gasteiger partial charge in [-0.05, 0) is 68.2 Å². The highest BCUT2D eigenvalue weighted by Crippen LogP contribution is 2.55. The number of likely N-dealkylation sites (N-methyl/N-ethyl adjacent to an activating group) is 1. The largest absolute Gasteiger partial charge is 0.316 e. The van der Waals surface area contributed by atoms with E-state index in [0.29, 0.717) is 6.04 Å². The van der Waals surface area contributed by atoms with E-state index < -0.39 is 0 Å². The zero-order valence-electron chi connectivity index (χ0n) is 10.3. The van der Waals surface area contributed by atoms with Crippen LogP contribution in [0.1, 0.15) is 24.8 Å². The maximum Gasteiger partial charge on any atom is 0.0175 e. The highest BCUT2D eigenvalue weighted by Gasteiger charge is 2.47. The van der Waals surface area contributed by atoms with Crippen LogP contribution in [-0.2, 0) is 6.42 Å². The predicted octanol–water partition coefficient (Wildman–Crippen LogP) is 3.63. The van der Waals surface area contributed by atoms with Gasteiger partial charge in [0.2, 0.25) is 0 Å². The quantitative estimate of drug-likeness (QED) is 0.894. The van der Waals surface area contributed by atoms with Gasteiger partial charge in [-0.3, -0.25) is 0 Å². The minimum Gasteiger partial charge on any atom is -0.316 e. The summed E-state index contributed by atoms with van der Waals surface area (Å²) < 4.78 is 1.17. The molecule has 0 amide bonds. The Morgan fingerprint density at radius 3 is 2.41 bits per heavy atom. The van der Waals surface area contributed by atoms with Crippen molar-refractivity contribution in [3.8, 4) is 0 Å². The second-order valence-corrected chi connectivity index (χ2v) is 6.63. The molecule has 3 atom stereocenters. The fourth-order valence-corrected chi connectivity index (χ4v) is 3.73. The van der Waals surface area contributed by atoms with E-state index in [1.807, 2.05) is 0 Å². The topological polar surface area (TPSA) is 12.0 Å². The molecule has 17 heavy (non-hydrogen) atoms. The van der Waals surface area contributed by atoms with Crippen molar-refractivity contribution in [2.24, 2.45) is 17.8 Å². The first kappa shape index (κ1) is 11.7. The second kappa shape index (κ2) is 4.74. The van der Waals surface area contributed by atoms with Crippen LogP contribution in [0.15, 0.2) is 28.7 Å². The summed E-state index contributed by atoms with van der Waals surface area (Å²) in [5, 5.41) is 3.54. The smallest absolute Gasteiger partial charge is 0.0175 e. The van der Waals surface area contributed by atoms with Gasteiger partial charge in [-0.1, -0.05) is 28.1 Å². The first-order valence-corrected chi connectivity index (χ1v) is 7.47. The maximum absolute atomic E-state index is 3.54. The number of hydrogen-bond donors (Lipinski definition) is 1. The monoisotopic (exact) mass is 293 g/mol. The van der Waals surface area contributed by atoms with E-state index in [-0.39, 0.29) is 0 Å². The van der Waals surface area contributed by atoms with Crippen LogP contribution in [0.4, 0.5) is 0 Å². The lowest BCUT2D eigenvalue weighted by Crippen LogP contribution is -2.35. The van der Waals surface area contributed by atoms with Gasteiger partial charge in [-0.15, -0.1) is 0 Å². The summed E-state index contributed by atoms with van der Waals surface area (Å²) in [6.45, 7) is 0. The Hall–Kier alpha value is -0.340. The van der Waals surface area contributed by atoms with Gasteiger partial charge in [0.1, 0.15) is 0 Å². The van der Waals surface area contributed by atoms with Gasteiger partial charge < -0.3 is 5.32 Å². The molecule has 2 saturated carbocycles. The molecule has 92 valence electrons. The third-order valence-electron chi connectivity index (χ3n) is 4.59. The van der Waals surface area contributed by atoms with E-state index in [0.717, 1.165) is 17.8 Å². The third-order valence-corrected chi connectivity index (χ3v) is 5.12. The fourth-order valence-electron chi connectivity index (χ4n) is 3.47. The molecule has 1 aromatic carbocycles. The molecule has 2 heteroatoms. The Bertz CT molecular complexity index is 376. The summed E-state index contributed by atoms with van der Waals surface area (Å²) in [6, 6.07) is 9.44. The van der Waals surface area contributed by atoms with Crippen molar-refractivity contribution in [1.29, 1.82) is 0 Å². The highest BCUT2D eigenvalue weighted by molar-refractivity contribution is 9.10. The van der Waals surface area contributed by atoms with E-state index >= 15 is 0 Å². The molecule has 0 bridgehead atoms. The normalized spacial score (nSPS) is 32.2. The van der Waals surface area contributed by atoms with Gasteiger partial charge in [0.25, 0.3) is 0 Å². The van der Waals surface area contributed by atoms with Crippen LogP contribution < -0.4 is 5.32 Å². The number of fused-ring (bicyclic) bond motifs is 1. The number of nitrogens with one attached hydrogen (secondary N) is 1. The van der Waals surface area contributed by atoms with Crippen LogP contribution in [0.25, 0.3) is 0 Å². The van der Waals surface area contributed by atoms with Crippen molar-refractivity contribution in [3.63, 3.8) is 0 Å². The van der Waals surface area contributed by atoms with Crippen molar-refractivity contribution in [1.82, 2.24) is 5.32 Å². The van der Waals surface area contributed by atoms with Gasteiger partial charge in [0, 0.05) is 10.5 Å². The molecule has 2 aliphatic carbocycles. The van der Waals surface area contributed by atoms with Crippen LogP contribution in [0, 0.1) is 17.8 Å². The number of benzene rings is 1. The third kappa shape index (κ3) is 2.58. The van der Waals surface area contributed by atoms with Gasteiger partial charge in [-0.25, -0.2) is 0 Å². The summed E-state index contributed by atoms with van der Waals surface area (Å²) in [4.78, 5) is 0. The lowest BCUT2D eigenvalue weighted by atomic mass is 9.90. The minimum absolute atomic E-state index is 0.670. The molecule has 0 radical (unpaired) electrons. The number of hydrogen-bond acceptors (Lipinski definition) is 1. The van der Waals surface area contributed by atoms with Gasteiger partial charge in [-0.2, -0.15) is 0 Å². The fraction of sp³-hybridized carbons (Fsp3) is 0.600. The molecule has 0 saturated heterocycles. The Balaban J connectivity index is 1.63. The molecule has 1 N–H and O–H groups in total. The minimum atomic E-state index is 0.670. The van der Waals surface area contributed by atoms with Crippen molar-refractivity contribution in [2.75, 3.05) is 7.05 Å². The van der Waals surface area contributed by atoms with E-state index in [1.54, 1.807) is 0 Å². The summed E-state index contributed by atoms with van der Waals surface area (Å²) >= 11 is 3.49. The molecular formula is C15H20BrN. The van der Waals surface area contributed by atoms with Crippen LogP contribution >= 0.6 is 15.9 Å². The Kier molecular flexibility index (Phi) is 3.27. The van der Waals surface area contributed by atoms with Gasteiger partial charge in [0.15, 0.2) is 0 Å². The molecule has 0 aromatic heterocycles. The van der Waals surface area contributed by atoms with E-state index in [9.17, 15) is 0 Å².